The first-order valence-corrected chi connectivity index (χ1v) is 12.4. The normalized spacial score (nSPS) is 19.6. The number of amides is 2. The van der Waals surface area contributed by atoms with Gasteiger partial charge in [-0.05, 0) is 0 Å². The molecule has 2 aromatic heterocycles. The lowest BCUT2D eigenvalue weighted by Crippen LogP contribution is -2.71. The van der Waals surface area contributed by atoms with E-state index in [0.29, 0.717) is 17.9 Å². The van der Waals surface area contributed by atoms with E-state index in [-0.39, 0.29) is 33.2 Å². The summed E-state index contributed by atoms with van der Waals surface area (Å²) < 4.78 is 1.96. The molecular formula is C21H20ClN6O5S2+. The standard InChI is InChI=1S/C21H19ClN6O5S2/c1-2-8-33-26-13(12-16(22)35-21(23)25-12)17(29)24-14-18(30)28-15(20(31)32)11(10-34-19(14)28)9-27-6-4-3-5-7-27/h2-7,14,19H,1,8-10H2,(H3-,23,24,25,29,31,32)/p+1/b26-13+/t14?,19-/m1/s1. The molecule has 2 amide bonds. The van der Waals surface area contributed by atoms with Gasteiger partial charge in [0.05, 0.1) is 0 Å². The first kappa shape index (κ1) is 24.7. The number of hydrogen-bond donors (Lipinski definition) is 3. The van der Waals surface area contributed by atoms with E-state index in [9.17, 15) is 19.5 Å². The summed E-state index contributed by atoms with van der Waals surface area (Å²) in [6.07, 6.45) is 5.07. The summed E-state index contributed by atoms with van der Waals surface area (Å²) in [5, 5.41) is 15.8. The molecule has 0 bridgehead atoms. The Labute approximate surface area is 212 Å². The predicted octanol–water partition coefficient (Wildman–Crippen LogP) is 1.01. The summed E-state index contributed by atoms with van der Waals surface area (Å²) >= 11 is 8.47. The Morgan fingerprint density at radius 2 is 2.17 bits per heavy atom. The maximum atomic E-state index is 13.0. The minimum Gasteiger partial charge on any atom is -0.477 e. The van der Waals surface area contributed by atoms with Crippen molar-refractivity contribution in [3.8, 4) is 0 Å². The van der Waals surface area contributed by atoms with Crippen LogP contribution in [0, 0.1) is 0 Å². The average molecular weight is 536 g/mol. The molecule has 2 aliphatic heterocycles. The fourth-order valence-corrected chi connectivity index (χ4v) is 5.85. The number of hydrogen-bond acceptors (Lipinski definition) is 9. The molecule has 14 heteroatoms. The van der Waals surface area contributed by atoms with Crippen molar-refractivity contribution in [2.45, 2.75) is 18.0 Å². The highest BCUT2D eigenvalue weighted by molar-refractivity contribution is 8.00. The fourth-order valence-electron chi connectivity index (χ4n) is 3.58. The molecule has 4 N–H and O–H groups in total. The van der Waals surface area contributed by atoms with Crippen LogP contribution in [-0.2, 0) is 25.8 Å². The first-order valence-electron chi connectivity index (χ1n) is 10.2. The molecule has 4 heterocycles. The van der Waals surface area contributed by atoms with E-state index in [1.54, 1.807) is 0 Å². The minimum atomic E-state index is -1.20. The molecule has 0 aromatic carbocycles. The van der Waals surface area contributed by atoms with Crippen molar-refractivity contribution in [1.82, 2.24) is 15.2 Å². The number of fused-ring (bicyclic) bond motifs is 1. The van der Waals surface area contributed by atoms with Crippen molar-refractivity contribution < 1.29 is 28.9 Å². The molecule has 0 spiro atoms. The lowest BCUT2D eigenvalue weighted by atomic mass is 10.0. The van der Waals surface area contributed by atoms with Gasteiger partial charge in [0.25, 0.3) is 11.8 Å². The highest BCUT2D eigenvalue weighted by Gasteiger charge is 2.54. The van der Waals surface area contributed by atoms with E-state index in [1.807, 2.05) is 35.2 Å². The third-order valence-electron chi connectivity index (χ3n) is 5.08. The van der Waals surface area contributed by atoms with Gasteiger partial charge in [-0.2, -0.15) is 0 Å². The molecule has 2 atom stereocenters. The second kappa shape index (κ2) is 10.5. The monoisotopic (exact) mass is 535 g/mol. The highest BCUT2D eigenvalue weighted by Crippen LogP contribution is 2.40. The van der Waals surface area contributed by atoms with E-state index >= 15 is 0 Å². The van der Waals surface area contributed by atoms with Crippen LogP contribution in [0.4, 0.5) is 5.13 Å². The summed E-state index contributed by atoms with van der Waals surface area (Å²) in [7, 11) is 0. The number of nitrogens with two attached hydrogens (primary N) is 1. The number of pyridine rings is 1. The van der Waals surface area contributed by atoms with E-state index in [1.165, 1.54) is 22.7 Å². The van der Waals surface area contributed by atoms with Gasteiger partial charge in [0.1, 0.15) is 33.7 Å². The Bertz CT molecular complexity index is 1250. The number of carbonyl (C=O) groups excluding carboxylic acids is 2. The zero-order valence-electron chi connectivity index (χ0n) is 18.1. The summed E-state index contributed by atoms with van der Waals surface area (Å²) in [4.78, 5) is 48.4. The molecular weight excluding hydrogens is 516 g/mol. The van der Waals surface area contributed by atoms with Crippen molar-refractivity contribution in [2.75, 3.05) is 18.1 Å². The maximum absolute atomic E-state index is 13.0. The molecule has 2 aliphatic rings. The van der Waals surface area contributed by atoms with Crippen LogP contribution < -0.4 is 15.6 Å². The van der Waals surface area contributed by atoms with E-state index in [2.05, 4.69) is 22.0 Å². The largest absolute Gasteiger partial charge is 0.477 e. The van der Waals surface area contributed by atoms with Crippen LogP contribution in [0.3, 0.4) is 0 Å². The van der Waals surface area contributed by atoms with Crippen LogP contribution in [0.1, 0.15) is 5.69 Å². The number of thioether (sulfide) groups is 1. The van der Waals surface area contributed by atoms with Crippen molar-refractivity contribution in [3.05, 3.63) is 64.5 Å². The number of thiazole rings is 1. The van der Waals surface area contributed by atoms with Crippen LogP contribution in [0.2, 0.25) is 4.34 Å². The van der Waals surface area contributed by atoms with E-state index in [4.69, 9.17) is 22.2 Å². The maximum Gasteiger partial charge on any atom is 0.352 e. The van der Waals surface area contributed by atoms with Gasteiger partial charge in [-0.1, -0.05) is 46.8 Å². The van der Waals surface area contributed by atoms with Gasteiger partial charge in [-0.3, -0.25) is 14.5 Å². The Morgan fingerprint density at radius 3 is 2.80 bits per heavy atom. The quantitative estimate of drug-likeness (QED) is 0.107. The minimum absolute atomic E-state index is 0.0175. The van der Waals surface area contributed by atoms with E-state index < -0.39 is 29.2 Å². The third kappa shape index (κ3) is 5.01. The molecule has 2 aromatic rings. The molecule has 11 nitrogen and oxygen atoms in total. The number of rotatable bonds is 9. The number of nitrogens with one attached hydrogen (secondary N) is 1. The molecule has 35 heavy (non-hydrogen) atoms. The van der Waals surface area contributed by atoms with Crippen LogP contribution in [0.5, 0.6) is 0 Å². The second-order valence-corrected chi connectivity index (χ2v) is 10.1. The lowest BCUT2D eigenvalue weighted by molar-refractivity contribution is -0.689. The molecule has 1 saturated heterocycles. The Balaban J connectivity index is 1.55. The predicted molar refractivity (Wildman–Crippen MR) is 131 cm³/mol. The first-order chi connectivity index (χ1) is 16.8. The third-order valence-corrected chi connectivity index (χ3v) is 7.50. The number of carboxylic acids is 1. The van der Waals surface area contributed by atoms with Gasteiger partial charge in [-0.15, -0.1) is 11.8 Å². The van der Waals surface area contributed by atoms with Gasteiger partial charge in [0.2, 0.25) is 0 Å². The van der Waals surface area contributed by atoms with Crippen LogP contribution in [-0.4, -0.2) is 62.3 Å². The van der Waals surface area contributed by atoms with Gasteiger partial charge in [-0.25, -0.2) is 14.3 Å². The number of aromatic nitrogens is 2. The number of β-lactam (4-membered cyclic amide) rings is 1. The average Bonchev–Trinajstić information content (AvgIpc) is 3.17. The Kier molecular flexibility index (Phi) is 7.38. The molecule has 1 fully saturated rings. The molecule has 0 aliphatic carbocycles. The summed E-state index contributed by atoms with van der Waals surface area (Å²) in [5.74, 6) is -2.13. The van der Waals surface area contributed by atoms with Gasteiger partial charge in [0, 0.05) is 23.5 Å². The number of oxime groups is 1. The number of anilines is 1. The number of carboxylic acid groups (broad SMARTS) is 1. The zero-order valence-corrected chi connectivity index (χ0v) is 20.5. The van der Waals surface area contributed by atoms with Crippen molar-refractivity contribution in [1.29, 1.82) is 0 Å². The molecule has 1 unspecified atom stereocenters. The number of nitrogens with zero attached hydrogens (tertiary/aromatic N) is 4. The fraction of sp³-hybridized carbons (Fsp3) is 0.238. The molecule has 4 rings (SSSR count). The SMILES string of the molecule is C=CCO/N=C(/C(=O)NC1C(=O)N2C(C(=O)O)=C(C[n+]3ccccc3)CS[C@H]12)c1nc(N)sc1Cl. The topological polar surface area (TPSA) is 151 Å². The molecule has 0 radical (unpaired) electrons. The Morgan fingerprint density at radius 1 is 1.43 bits per heavy atom. The number of halogens is 1. The summed E-state index contributed by atoms with van der Waals surface area (Å²) in [6, 6.07) is 4.56. The number of aliphatic carboxylic acids is 1. The molecule has 0 saturated carbocycles. The van der Waals surface area contributed by atoms with Crippen LogP contribution in [0.15, 0.2) is 59.7 Å². The Hall–Kier alpha value is -3.42. The highest BCUT2D eigenvalue weighted by atomic mass is 35.5. The number of nitrogen functional groups attached to an aromatic ring is 1. The summed E-state index contributed by atoms with van der Waals surface area (Å²) in [5.41, 5.74) is 5.97. The van der Waals surface area contributed by atoms with Crippen molar-refractivity contribution in [3.63, 3.8) is 0 Å². The van der Waals surface area contributed by atoms with Gasteiger partial charge < -0.3 is 21.0 Å². The lowest BCUT2D eigenvalue weighted by Gasteiger charge is -2.49. The van der Waals surface area contributed by atoms with Crippen molar-refractivity contribution >= 4 is 63.3 Å². The van der Waals surface area contributed by atoms with E-state index in [0.717, 1.165) is 11.3 Å². The smallest absolute Gasteiger partial charge is 0.352 e. The van der Waals surface area contributed by atoms with Crippen LogP contribution in [0.25, 0.3) is 0 Å². The van der Waals surface area contributed by atoms with Crippen LogP contribution >= 0.6 is 34.7 Å². The second-order valence-electron chi connectivity index (χ2n) is 7.36. The summed E-state index contributed by atoms with van der Waals surface area (Å²) in [6.45, 7) is 3.86. The number of carbonyl (C=O) groups is 3. The molecule has 182 valence electrons. The van der Waals surface area contributed by atoms with Crippen molar-refractivity contribution in [2.24, 2.45) is 5.16 Å². The zero-order chi connectivity index (χ0) is 25.1. The van der Waals surface area contributed by atoms with Gasteiger partial charge >= 0.3 is 5.97 Å². The van der Waals surface area contributed by atoms with Gasteiger partial charge in [0.15, 0.2) is 29.8 Å².